The lowest BCUT2D eigenvalue weighted by Gasteiger charge is -2.26. The number of hydrogen-bond donors (Lipinski definition) is 0. The van der Waals surface area contributed by atoms with Crippen LogP contribution in [0.15, 0.2) is 79.1 Å². The second kappa shape index (κ2) is 9.33. The Labute approximate surface area is 212 Å². The zero-order chi connectivity index (χ0) is 25.3. The number of unbranched alkanes of at least 4 members (excludes halogenated alkanes) is 1. The van der Waals surface area contributed by atoms with E-state index in [0.717, 1.165) is 57.8 Å². The van der Waals surface area contributed by atoms with E-state index in [0.29, 0.717) is 16.8 Å². The summed E-state index contributed by atoms with van der Waals surface area (Å²) in [5, 5.41) is 22.5. The molecule has 2 heterocycles. The minimum Gasteiger partial charge on any atom is -0.307 e. The molecule has 0 aliphatic heterocycles. The fourth-order valence-electron chi connectivity index (χ4n) is 5.12. The molecule has 36 heavy (non-hydrogen) atoms. The molecule has 2 aromatic heterocycles. The van der Waals surface area contributed by atoms with Crippen LogP contribution in [0.2, 0.25) is 0 Å². The summed E-state index contributed by atoms with van der Waals surface area (Å²) < 4.78 is 2.06. The Morgan fingerprint density at radius 1 is 0.833 bits per heavy atom. The van der Waals surface area contributed by atoms with E-state index >= 15 is 0 Å². The van der Waals surface area contributed by atoms with E-state index in [1.165, 1.54) is 0 Å². The fourth-order valence-corrected chi connectivity index (χ4v) is 5.12. The van der Waals surface area contributed by atoms with Gasteiger partial charge >= 0.3 is 0 Å². The number of nitriles is 2. The van der Waals surface area contributed by atoms with Crippen LogP contribution >= 0.6 is 0 Å². The van der Waals surface area contributed by atoms with Crippen molar-refractivity contribution in [3.05, 3.63) is 95.8 Å². The van der Waals surface area contributed by atoms with Crippen molar-refractivity contribution in [2.24, 2.45) is 0 Å². The lowest BCUT2D eigenvalue weighted by Crippen LogP contribution is -2.18. The van der Waals surface area contributed by atoms with Gasteiger partial charge in [-0.1, -0.05) is 70.0 Å². The highest BCUT2D eigenvalue weighted by atomic mass is 15.0. The first-order valence-corrected chi connectivity index (χ1v) is 12.4. The van der Waals surface area contributed by atoms with Gasteiger partial charge in [0.05, 0.1) is 27.8 Å². The molecule has 0 atom stereocenters. The highest BCUT2D eigenvalue weighted by molar-refractivity contribution is 6.10. The molecule has 0 bridgehead atoms. The predicted octanol–water partition coefficient (Wildman–Crippen LogP) is 8.06. The van der Waals surface area contributed by atoms with Crippen molar-refractivity contribution in [3.8, 4) is 29.0 Å². The second-order valence-electron chi connectivity index (χ2n) is 9.96. The molecule has 4 heteroatoms. The molecule has 0 spiro atoms. The lowest BCUT2D eigenvalue weighted by atomic mass is 9.78. The van der Waals surface area contributed by atoms with Crippen LogP contribution in [-0.2, 0) is 5.41 Å². The molecule has 4 nitrogen and oxygen atoms in total. The van der Waals surface area contributed by atoms with Gasteiger partial charge in [0.15, 0.2) is 0 Å². The largest absolute Gasteiger partial charge is 0.307 e. The Hall–Kier alpha value is -4.41. The smallest absolute Gasteiger partial charge is 0.101 e. The second-order valence-corrected chi connectivity index (χ2v) is 9.96. The van der Waals surface area contributed by atoms with Gasteiger partial charge in [0, 0.05) is 23.2 Å². The molecule has 0 amide bonds. The van der Waals surface area contributed by atoms with Gasteiger partial charge in [-0.05, 0) is 58.9 Å². The van der Waals surface area contributed by atoms with Gasteiger partial charge in [-0.25, -0.2) is 0 Å². The predicted molar refractivity (Wildman–Crippen MR) is 146 cm³/mol. The molecule has 176 valence electrons. The van der Waals surface area contributed by atoms with Crippen molar-refractivity contribution in [2.45, 2.75) is 45.4 Å². The maximum atomic E-state index is 10.3. The van der Waals surface area contributed by atoms with Crippen molar-refractivity contribution in [2.75, 3.05) is 0 Å². The first kappa shape index (κ1) is 23.3. The van der Waals surface area contributed by atoms with Crippen molar-refractivity contribution < 1.29 is 0 Å². The fraction of sp³-hybridized carbons (Fsp3) is 0.219. The normalized spacial score (nSPS) is 11.5. The van der Waals surface area contributed by atoms with E-state index in [2.05, 4.69) is 72.8 Å². The quantitative estimate of drug-likeness (QED) is 0.253. The van der Waals surface area contributed by atoms with Crippen molar-refractivity contribution in [1.29, 1.82) is 10.5 Å². The summed E-state index contributed by atoms with van der Waals surface area (Å²) in [5.74, 6) is 0. The number of pyridine rings is 1. The molecule has 0 N–H and O–H groups in total. The number of hydrogen-bond acceptors (Lipinski definition) is 3. The Bertz CT molecular complexity index is 1630. The SMILES string of the molecule is CCCCC(C)(C)c1cc(C#N)c(-n2c3ccncc3c3cc(-c4ccccc4)ccc32)c(C#N)c1. The number of nitrogens with zero attached hydrogens (tertiary/aromatic N) is 4. The molecule has 0 saturated carbocycles. The minimum absolute atomic E-state index is 0.124. The van der Waals surface area contributed by atoms with Crippen LogP contribution in [0.1, 0.15) is 56.7 Å². The van der Waals surface area contributed by atoms with E-state index in [9.17, 15) is 10.5 Å². The van der Waals surface area contributed by atoms with Crippen LogP contribution in [0.5, 0.6) is 0 Å². The molecule has 0 saturated heterocycles. The van der Waals surface area contributed by atoms with Crippen molar-refractivity contribution >= 4 is 21.8 Å². The van der Waals surface area contributed by atoms with Crippen LogP contribution in [-0.4, -0.2) is 9.55 Å². The summed E-state index contributed by atoms with van der Waals surface area (Å²) in [7, 11) is 0. The first-order valence-electron chi connectivity index (χ1n) is 12.4. The summed E-state index contributed by atoms with van der Waals surface area (Å²) in [6, 6.07) is 27.3. The van der Waals surface area contributed by atoms with Crippen LogP contribution in [0.4, 0.5) is 0 Å². The Morgan fingerprint density at radius 3 is 2.19 bits per heavy atom. The monoisotopic (exact) mass is 468 g/mol. The van der Waals surface area contributed by atoms with Crippen LogP contribution < -0.4 is 0 Å². The third kappa shape index (κ3) is 3.92. The van der Waals surface area contributed by atoms with Crippen LogP contribution in [0, 0.1) is 22.7 Å². The summed E-state index contributed by atoms with van der Waals surface area (Å²) in [6.07, 6.45) is 6.83. The lowest BCUT2D eigenvalue weighted by molar-refractivity contribution is 0.457. The van der Waals surface area contributed by atoms with E-state index in [4.69, 9.17) is 0 Å². The highest BCUT2D eigenvalue weighted by Crippen LogP contribution is 2.38. The zero-order valence-electron chi connectivity index (χ0n) is 20.9. The van der Waals surface area contributed by atoms with Gasteiger partial charge in [-0.15, -0.1) is 0 Å². The van der Waals surface area contributed by atoms with E-state index in [-0.39, 0.29) is 5.41 Å². The third-order valence-corrected chi connectivity index (χ3v) is 7.18. The third-order valence-electron chi connectivity index (χ3n) is 7.18. The van der Waals surface area contributed by atoms with Gasteiger partial charge in [-0.2, -0.15) is 10.5 Å². The molecule has 5 rings (SSSR count). The standard InChI is InChI=1S/C32H28N4/c1-4-5-14-32(2,3)26-16-24(19-33)31(25(17-26)20-34)36-29-12-11-23(22-9-7-6-8-10-22)18-27(29)28-21-35-15-13-30(28)36/h6-13,15-18,21H,4-5,14H2,1-3H3. The highest BCUT2D eigenvalue weighted by Gasteiger charge is 2.25. The average Bonchev–Trinajstić information content (AvgIpc) is 3.25. The molecule has 0 fully saturated rings. The summed E-state index contributed by atoms with van der Waals surface area (Å²) in [5.41, 5.74) is 6.68. The summed E-state index contributed by atoms with van der Waals surface area (Å²) in [4.78, 5) is 4.39. The first-order chi connectivity index (χ1) is 17.5. The summed E-state index contributed by atoms with van der Waals surface area (Å²) in [6.45, 7) is 6.56. The number of fused-ring (bicyclic) bond motifs is 3. The molecule has 5 aromatic rings. The zero-order valence-corrected chi connectivity index (χ0v) is 20.9. The Morgan fingerprint density at radius 2 is 1.53 bits per heavy atom. The van der Waals surface area contributed by atoms with Crippen LogP contribution in [0.3, 0.4) is 0 Å². The maximum absolute atomic E-state index is 10.3. The molecule has 0 unspecified atom stereocenters. The molecule has 0 aliphatic rings. The van der Waals surface area contributed by atoms with Gasteiger partial charge in [-0.3, -0.25) is 4.98 Å². The molecule has 0 radical (unpaired) electrons. The minimum atomic E-state index is -0.124. The van der Waals surface area contributed by atoms with Gasteiger partial charge < -0.3 is 4.57 Å². The van der Waals surface area contributed by atoms with Gasteiger partial charge in [0.2, 0.25) is 0 Å². The van der Waals surface area contributed by atoms with Gasteiger partial charge in [0.1, 0.15) is 12.1 Å². The maximum Gasteiger partial charge on any atom is 0.101 e. The van der Waals surface area contributed by atoms with Crippen molar-refractivity contribution in [1.82, 2.24) is 9.55 Å². The molecular formula is C32H28N4. The average molecular weight is 469 g/mol. The topological polar surface area (TPSA) is 65.4 Å². The van der Waals surface area contributed by atoms with E-state index in [1.54, 1.807) is 6.20 Å². The van der Waals surface area contributed by atoms with E-state index < -0.39 is 0 Å². The molecule has 3 aromatic carbocycles. The van der Waals surface area contributed by atoms with E-state index in [1.807, 2.05) is 42.6 Å². The molecule has 0 aliphatic carbocycles. The van der Waals surface area contributed by atoms with Gasteiger partial charge in [0.25, 0.3) is 0 Å². The number of benzene rings is 3. The van der Waals surface area contributed by atoms with Crippen molar-refractivity contribution in [3.63, 3.8) is 0 Å². The van der Waals surface area contributed by atoms with Crippen LogP contribution in [0.25, 0.3) is 38.6 Å². The Balaban J connectivity index is 1.80. The number of rotatable bonds is 6. The summed E-state index contributed by atoms with van der Waals surface area (Å²) >= 11 is 0. The number of aromatic nitrogens is 2. The molecular weight excluding hydrogens is 440 g/mol. The Kier molecular flexibility index (Phi) is 6.05.